The number of hydrogen-bond acceptors (Lipinski definition) is 4. The highest BCUT2D eigenvalue weighted by atomic mass is 15.4. The summed E-state index contributed by atoms with van der Waals surface area (Å²) in [6, 6.07) is 62.2. The van der Waals surface area contributed by atoms with Gasteiger partial charge in [0.1, 0.15) is 11.7 Å². The molecule has 0 N–H and O–H groups in total. The number of nitrogens with zero attached hydrogens (tertiary/aromatic N) is 5. The molecule has 2 aliphatic rings. The van der Waals surface area contributed by atoms with Crippen molar-refractivity contribution in [2.24, 2.45) is 4.99 Å². The number of amidine groups is 1. The summed E-state index contributed by atoms with van der Waals surface area (Å²) in [6.07, 6.45) is 1.98. The molecule has 2 aliphatic heterocycles. The fourth-order valence-corrected chi connectivity index (χ4v) is 12.9. The van der Waals surface area contributed by atoms with E-state index in [1.54, 1.807) is 0 Å². The van der Waals surface area contributed by atoms with E-state index in [9.17, 15) is 0 Å². The van der Waals surface area contributed by atoms with Gasteiger partial charge in [-0.2, -0.15) is 0 Å². The zero-order chi connectivity index (χ0) is 53.8. The second-order valence-corrected chi connectivity index (χ2v) is 25.2. The summed E-state index contributed by atoms with van der Waals surface area (Å²) in [5.41, 5.74) is 18.2. The average molecular weight is 1000 g/mol. The van der Waals surface area contributed by atoms with Crippen LogP contribution >= 0.6 is 0 Å². The van der Waals surface area contributed by atoms with Gasteiger partial charge in [-0.3, -0.25) is 9.56 Å². The van der Waals surface area contributed by atoms with E-state index in [2.05, 4.69) is 282 Å². The van der Waals surface area contributed by atoms with Gasteiger partial charge in [-0.15, -0.1) is 0 Å². The minimum absolute atomic E-state index is 0.0427. The number of rotatable bonds is 10. The molecule has 0 radical (unpaired) electrons. The van der Waals surface area contributed by atoms with Crippen LogP contribution in [-0.2, 0) is 10.8 Å². The van der Waals surface area contributed by atoms with Gasteiger partial charge in [0, 0.05) is 39.6 Å². The molecule has 5 heteroatoms. The van der Waals surface area contributed by atoms with Gasteiger partial charge in [-0.1, -0.05) is 185 Å². The van der Waals surface area contributed by atoms with Crippen LogP contribution in [0.25, 0.3) is 27.6 Å². The lowest BCUT2D eigenvalue weighted by Crippen LogP contribution is -2.60. The first-order chi connectivity index (χ1) is 36.1. The summed E-state index contributed by atoms with van der Waals surface area (Å²) in [5.74, 6) is 2.65. The maximum atomic E-state index is 6.13. The van der Waals surface area contributed by atoms with Crippen molar-refractivity contribution in [3.8, 4) is 5.82 Å². The Labute approximate surface area is 453 Å². The van der Waals surface area contributed by atoms with E-state index < -0.39 is 11.1 Å². The molecule has 0 amide bonds. The SMILES string of the molecule is Cc1ccc2c(c1)c1cc3c(cc1n2-c1cc(C(C)(C)C)ccn1)N(c1cc(C2=NC(C)(C)[C@](C)(C(c4ccccc4)c4ccccc4)N2c2c(C(C)C)cccc2C(C)C)cc(C(C)C)c1)c1ccccc1C3(C)C. The molecule has 0 saturated carbocycles. The third-order valence-corrected chi connectivity index (χ3v) is 17.4. The first-order valence-electron chi connectivity index (χ1n) is 27.9. The smallest absolute Gasteiger partial charge is 0.137 e. The van der Waals surface area contributed by atoms with Crippen molar-refractivity contribution in [3.05, 3.63) is 226 Å². The molecule has 0 bridgehead atoms. The molecule has 1 atom stereocenters. The number of aliphatic imine (C=N–C) groups is 1. The van der Waals surface area contributed by atoms with Crippen molar-refractivity contribution in [1.29, 1.82) is 0 Å². The maximum Gasteiger partial charge on any atom is 0.137 e. The van der Waals surface area contributed by atoms with Gasteiger partial charge >= 0.3 is 0 Å². The molecule has 0 aliphatic carbocycles. The summed E-state index contributed by atoms with van der Waals surface area (Å²) in [5, 5.41) is 2.47. The molecule has 9 aromatic rings. The number of aromatic nitrogens is 2. The molecule has 0 saturated heterocycles. The van der Waals surface area contributed by atoms with Crippen LogP contribution in [0.15, 0.2) is 175 Å². The van der Waals surface area contributed by atoms with E-state index >= 15 is 0 Å². The Morgan fingerprint density at radius 2 is 1.14 bits per heavy atom. The number of para-hydroxylation sites is 2. The van der Waals surface area contributed by atoms with Gasteiger partial charge < -0.3 is 9.80 Å². The largest absolute Gasteiger partial charge is 0.316 e. The second-order valence-electron chi connectivity index (χ2n) is 25.2. The summed E-state index contributed by atoms with van der Waals surface area (Å²) in [6.45, 7) is 35.2. The van der Waals surface area contributed by atoms with Crippen molar-refractivity contribution in [1.82, 2.24) is 9.55 Å². The Hall–Kier alpha value is -7.24. The summed E-state index contributed by atoms with van der Waals surface area (Å²) in [4.78, 5) is 16.6. The average Bonchev–Trinajstić information content (AvgIpc) is 3.86. The van der Waals surface area contributed by atoms with Gasteiger partial charge in [0.2, 0.25) is 0 Å². The maximum absolute atomic E-state index is 6.13. The zero-order valence-corrected chi connectivity index (χ0v) is 47.7. The number of fused-ring (bicyclic) bond motifs is 5. The molecule has 5 nitrogen and oxygen atoms in total. The number of hydrogen-bond donors (Lipinski definition) is 0. The lowest BCUT2D eigenvalue weighted by Gasteiger charge is -2.51. The van der Waals surface area contributed by atoms with Gasteiger partial charge in [0.15, 0.2) is 0 Å². The summed E-state index contributed by atoms with van der Waals surface area (Å²) >= 11 is 0. The lowest BCUT2D eigenvalue weighted by atomic mass is 9.66. The predicted octanol–water partition coefficient (Wildman–Crippen LogP) is 18.9. The van der Waals surface area contributed by atoms with Crippen LogP contribution in [-0.4, -0.2) is 26.5 Å². The molecule has 7 aromatic carbocycles. The Bertz CT molecular complexity index is 3650. The van der Waals surface area contributed by atoms with E-state index in [0.29, 0.717) is 0 Å². The van der Waals surface area contributed by atoms with Gasteiger partial charge in [-0.25, -0.2) is 4.98 Å². The van der Waals surface area contributed by atoms with Crippen LogP contribution in [0.3, 0.4) is 0 Å². The molecule has 76 heavy (non-hydrogen) atoms. The quantitative estimate of drug-likeness (QED) is 0.137. The van der Waals surface area contributed by atoms with Crippen LogP contribution in [0.5, 0.6) is 0 Å². The molecule has 0 unspecified atom stereocenters. The molecular weight excluding hydrogens is 923 g/mol. The monoisotopic (exact) mass is 1000 g/mol. The van der Waals surface area contributed by atoms with Crippen LogP contribution in [0.4, 0.5) is 22.7 Å². The molecular formula is C71H77N5. The fourth-order valence-electron chi connectivity index (χ4n) is 12.9. The molecule has 4 heterocycles. The van der Waals surface area contributed by atoms with Crippen LogP contribution < -0.4 is 9.80 Å². The number of aryl methyl sites for hydroxylation is 1. The lowest BCUT2D eigenvalue weighted by molar-refractivity contribution is 0.279. The Morgan fingerprint density at radius 3 is 1.76 bits per heavy atom. The van der Waals surface area contributed by atoms with Crippen molar-refractivity contribution >= 4 is 50.4 Å². The number of pyridine rings is 1. The standard InChI is InChI=1S/C71H77N5/c1-44(2)50-38-51(67-73-70(13,14)71(15,65(48-25-18-16-19-26-48)49-27-20-17-21-28-49)76(67)66-54(45(3)4)29-24-30-55(66)46(5)6)40-53(39-50)74-61-32-23-22-31-58(61)69(11,12)59-42-57-56-37-47(7)33-34-60(56)75(62(57)43-63(59)74)64-41-52(35-36-72-64)68(8,9)10/h16-46,65H,1-15H3/t71-/m0/s1. The van der Waals surface area contributed by atoms with E-state index in [4.69, 9.17) is 9.98 Å². The molecule has 11 rings (SSSR count). The third kappa shape index (κ3) is 8.10. The Balaban J connectivity index is 1.21. The van der Waals surface area contributed by atoms with E-state index in [1.165, 1.54) is 77.9 Å². The van der Waals surface area contributed by atoms with Crippen molar-refractivity contribution < 1.29 is 0 Å². The highest BCUT2D eigenvalue weighted by Gasteiger charge is 2.59. The third-order valence-electron chi connectivity index (χ3n) is 17.4. The number of benzene rings is 7. The second kappa shape index (κ2) is 18.5. The normalized spacial score (nSPS) is 17.1. The van der Waals surface area contributed by atoms with E-state index in [0.717, 1.165) is 33.9 Å². The minimum atomic E-state index is -0.586. The van der Waals surface area contributed by atoms with Crippen LogP contribution in [0.1, 0.15) is 176 Å². The van der Waals surface area contributed by atoms with Gasteiger partial charge in [-0.05, 0) is 156 Å². The van der Waals surface area contributed by atoms with Crippen LogP contribution in [0.2, 0.25) is 0 Å². The van der Waals surface area contributed by atoms with Crippen molar-refractivity contribution in [3.63, 3.8) is 0 Å². The molecule has 0 spiro atoms. The summed E-state index contributed by atoms with van der Waals surface area (Å²) < 4.78 is 2.41. The highest BCUT2D eigenvalue weighted by molar-refractivity contribution is 6.15. The Kier molecular flexibility index (Phi) is 12.4. The highest BCUT2D eigenvalue weighted by Crippen LogP contribution is 2.57. The first-order valence-corrected chi connectivity index (χ1v) is 27.9. The predicted molar refractivity (Wildman–Crippen MR) is 324 cm³/mol. The van der Waals surface area contributed by atoms with Gasteiger partial charge in [0.25, 0.3) is 0 Å². The minimum Gasteiger partial charge on any atom is -0.316 e. The van der Waals surface area contributed by atoms with E-state index in [1.807, 2.05) is 6.20 Å². The van der Waals surface area contributed by atoms with Crippen LogP contribution in [0, 0.1) is 6.92 Å². The topological polar surface area (TPSA) is 36.7 Å². The summed E-state index contributed by atoms with van der Waals surface area (Å²) in [7, 11) is 0. The van der Waals surface area contributed by atoms with Gasteiger partial charge in [0.05, 0.1) is 39.2 Å². The number of anilines is 4. The van der Waals surface area contributed by atoms with E-state index in [-0.39, 0.29) is 34.5 Å². The molecule has 0 fully saturated rings. The molecule has 386 valence electrons. The first kappa shape index (κ1) is 50.9. The van der Waals surface area contributed by atoms with Crippen molar-refractivity contribution in [2.45, 2.75) is 149 Å². The fraction of sp³-hybridized carbons (Fsp3) is 0.324. The zero-order valence-electron chi connectivity index (χ0n) is 47.7. The van der Waals surface area contributed by atoms with Crippen molar-refractivity contribution in [2.75, 3.05) is 9.80 Å². The Morgan fingerprint density at radius 1 is 0.526 bits per heavy atom. The molecule has 2 aromatic heterocycles.